The summed E-state index contributed by atoms with van der Waals surface area (Å²) in [6, 6.07) is 1.44. The minimum Gasteiger partial charge on any atom is -0.350 e. The Labute approximate surface area is 107 Å². The van der Waals surface area contributed by atoms with E-state index in [1.165, 1.54) is 6.07 Å². The zero-order chi connectivity index (χ0) is 12.3. The molecule has 1 aromatic heterocycles. The largest absolute Gasteiger partial charge is 0.350 e. The Morgan fingerprint density at radius 1 is 1.56 bits per heavy atom. The molecule has 1 amide bonds. The van der Waals surface area contributed by atoms with E-state index >= 15 is 0 Å². The van der Waals surface area contributed by atoms with E-state index in [-0.39, 0.29) is 23.6 Å². The van der Waals surface area contributed by atoms with Crippen molar-refractivity contribution >= 4 is 28.5 Å². The average Bonchev–Trinajstić information content (AvgIpc) is 2.06. The van der Waals surface area contributed by atoms with Crippen molar-refractivity contribution in [2.24, 2.45) is 0 Å². The third-order valence-corrected chi connectivity index (χ3v) is 2.23. The van der Waals surface area contributed by atoms with Crippen molar-refractivity contribution in [1.29, 1.82) is 0 Å². The van der Waals surface area contributed by atoms with Crippen LogP contribution in [0.25, 0.3) is 0 Å². The molecular formula is C10H14IN3O2. The second-order valence-electron chi connectivity index (χ2n) is 4.47. The third-order valence-electron chi connectivity index (χ3n) is 1.64. The van der Waals surface area contributed by atoms with Crippen molar-refractivity contribution in [3.8, 4) is 0 Å². The van der Waals surface area contributed by atoms with Gasteiger partial charge in [-0.25, -0.2) is 4.68 Å². The Balaban J connectivity index is 2.74. The number of carbonyl (C=O) groups is 1. The Morgan fingerprint density at radius 3 is 2.69 bits per heavy atom. The Kier molecular flexibility index (Phi) is 4.06. The quantitative estimate of drug-likeness (QED) is 0.812. The van der Waals surface area contributed by atoms with Crippen molar-refractivity contribution in [2.45, 2.75) is 32.9 Å². The summed E-state index contributed by atoms with van der Waals surface area (Å²) in [4.78, 5) is 23.0. The molecule has 0 saturated carbocycles. The zero-order valence-electron chi connectivity index (χ0n) is 9.45. The fourth-order valence-corrected chi connectivity index (χ4v) is 1.52. The number of hydrogen-bond donors (Lipinski definition) is 1. The van der Waals surface area contributed by atoms with Crippen LogP contribution in [0.1, 0.15) is 20.8 Å². The maximum absolute atomic E-state index is 11.6. The van der Waals surface area contributed by atoms with Crippen LogP contribution in [0.15, 0.2) is 17.1 Å². The first-order chi connectivity index (χ1) is 7.28. The van der Waals surface area contributed by atoms with Crippen LogP contribution in [-0.4, -0.2) is 21.2 Å². The van der Waals surface area contributed by atoms with Gasteiger partial charge in [-0.2, -0.15) is 5.10 Å². The fraction of sp³-hybridized carbons (Fsp3) is 0.500. The number of hydrogen-bond acceptors (Lipinski definition) is 3. The van der Waals surface area contributed by atoms with E-state index in [1.54, 1.807) is 6.20 Å². The van der Waals surface area contributed by atoms with Gasteiger partial charge >= 0.3 is 0 Å². The van der Waals surface area contributed by atoms with Crippen molar-refractivity contribution in [3.63, 3.8) is 0 Å². The van der Waals surface area contributed by atoms with Crippen LogP contribution >= 0.6 is 22.6 Å². The molecule has 0 atom stereocenters. The lowest BCUT2D eigenvalue weighted by Crippen LogP contribution is -2.43. The van der Waals surface area contributed by atoms with Crippen LogP contribution in [0.3, 0.4) is 0 Å². The van der Waals surface area contributed by atoms with Gasteiger partial charge in [0.25, 0.3) is 5.56 Å². The molecule has 0 fully saturated rings. The highest BCUT2D eigenvalue weighted by Crippen LogP contribution is 1.99. The summed E-state index contributed by atoms with van der Waals surface area (Å²) in [6.45, 7) is 5.60. The molecule has 0 bridgehead atoms. The van der Waals surface area contributed by atoms with Gasteiger partial charge in [0.15, 0.2) is 0 Å². The summed E-state index contributed by atoms with van der Waals surface area (Å²) in [5.41, 5.74) is -0.569. The van der Waals surface area contributed by atoms with Crippen LogP contribution < -0.4 is 10.9 Å². The summed E-state index contributed by atoms with van der Waals surface area (Å²) < 4.78 is 1.90. The predicted octanol–water partition coefficient (Wildman–Crippen LogP) is 0.763. The monoisotopic (exact) mass is 335 g/mol. The third kappa shape index (κ3) is 4.30. The number of nitrogens with zero attached hydrogens (tertiary/aromatic N) is 2. The standard InChI is InChI=1S/C10H14IN3O2/c1-10(2,3)13-8(15)6-14-9(16)4-7(11)5-12-14/h4-5H,6H2,1-3H3,(H,13,15). The van der Waals surface area contributed by atoms with Gasteiger partial charge in [0.1, 0.15) is 6.54 Å². The Morgan fingerprint density at radius 2 is 2.19 bits per heavy atom. The fourth-order valence-electron chi connectivity index (χ4n) is 1.12. The number of rotatable bonds is 2. The van der Waals surface area contributed by atoms with Crippen LogP contribution in [-0.2, 0) is 11.3 Å². The summed E-state index contributed by atoms with van der Waals surface area (Å²) in [5.74, 6) is -0.219. The first-order valence-corrected chi connectivity index (χ1v) is 5.89. The summed E-state index contributed by atoms with van der Waals surface area (Å²) in [5, 5.41) is 6.65. The Hall–Kier alpha value is -0.920. The van der Waals surface area contributed by atoms with Crippen molar-refractivity contribution in [2.75, 3.05) is 0 Å². The number of amides is 1. The maximum atomic E-state index is 11.6. The minimum absolute atomic E-state index is 0.0486. The van der Waals surface area contributed by atoms with Crippen molar-refractivity contribution in [3.05, 3.63) is 26.2 Å². The van der Waals surface area contributed by atoms with Gasteiger partial charge in [0.05, 0.1) is 6.20 Å². The predicted molar refractivity (Wildman–Crippen MR) is 69.1 cm³/mol. The molecule has 0 aromatic carbocycles. The average molecular weight is 335 g/mol. The van der Waals surface area contributed by atoms with Gasteiger partial charge in [0, 0.05) is 15.2 Å². The molecule has 1 aromatic rings. The van der Waals surface area contributed by atoms with Gasteiger partial charge in [-0.3, -0.25) is 9.59 Å². The van der Waals surface area contributed by atoms with Crippen LogP contribution in [0.2, 0.25) is 0 Å². The molecule has 0 saturated heterocycles. The number of halogens is 1. The van der Waals surface area contributed by atoms with E-state index in [1.807, 2.05) is 43.4 Å². The van der Waals surface area contributed by atoms with E-state index < -0.39 is 0 Å². The molecule has 0 unspecified atom stereocenters. The molecule has 1 N–H and O–H groups in total. The maximum Gasteiger partial charge on any atom is 0.268 e. The smallest absolute Gasteiger partial charge is 0.268 e. The van der Waals surface area contributed by atoms with E-state index in [2.05, 4.69) is 10.4 Å². The summed E-state index contributed by atoms with van der Waals surface area (Å²) >= 11 is 2.00. The molecule has 0 aliphatic heterocycles. The van der Waals surface area contributed by atoms with Gasteiger partial charge < -0.3 is 5.32 Å². The first kappa shape index (κ1) is 13.1. The number of carbonyl (C=O) groups excluding carboxylic acids is 1. The van der Waals surface area contributed by atoms with Gasteiger partial charge in [0.2, 0.25) is 5.91 Å². The lowest BCUT2D eigenvalue weighted by molar-refractivity contribution is -0.123. The van der Waals surface area contributed by atoms with E-state index in [0.29, 0.717) is 0 Å². The molecule has 1 heterocycles. The second-order valence-corrected chi connectivity index (χ2v) is 5.71. The van der Waals surface area contributed by atoms with E-state index in [0.717, 1.165) is 8.25 Å². The molecule has 88 valence electrons. The topological polar surface area (TPSA) is 64.0 Å². The van der Waals surface area contributed by atoms with Crippen molar-refractivity contribution < 1.29 is 4.79 Å². The number of nitrogens with one attached hydrogen (secondary N) is 1. The van der Waals surface area contributed by atoms with Gasteiger partial charge in [-0.15, -0.1) is 0 Å². The summed E-state index contributed by atoms with van der Waals surface area (Å²) in [7, 11) is 0. The highest BCUT2D eigenvalue weighted by molar-refractivity contribution is 14.1. The van der Waals surface area contributed by atoms with Crippen LogP contribution in [0, 0.1) is 3.57 Å². The van der Waals surface area contributed by atoms with Gasteiger partial charge in [-0.05, 0) is 43.4 Å². The van der Waals surface area contributed by atoms with E-state index in [9.17, 15) is 9.59 Å². The highest BCUT2D eigenvalue weighted by Gasteiger charge is 2.14. The molecule has 16 heavy (non-hydrogen) atoms. The molecule has 0 aliphatic rings. The highest BCUT2D eigenvalue weighted by atomic mass is 127. The molecule has 6 heteroatoms. The minimum atomic E-state index is -0.302. The Bertz CT molecular complexity index is 448. The second kappa shape index (κ2) is 4.94. The molecule has 0 aliphatic carbocycles. The van der Waals surface area contributed by atoms with Gasteiger partial charge in [-0.1, -0.05) is 0 Å². The molecule has 0 spiro atoms. The number of aromatic nitrogens is 2. The van der Waals surface area contributed by atoms with E-state index in [4.69, 9.17) is 0 Å². The molecule has 1 rings (SSSR count). The first-order valence-electron chi connectivity index (χ1n) is 4.81. The lowest BCUT2D eigenvalue weighted by Gasteiger charge is -2.20. The molecule has 0 radical (unpaired) electrons. The van der Waals surface area contributed by atoms with Crippen LogP contribution in [0.5, 0.6) is 0 Å². The summed E-state index contributed by atoms with van der Waals surface area (Å²) in [6.07, 6.45) is 1.55. The molecule has 5 nitrogen and oxygen atoms in total. The van der Waals surface area contributed by atoms with Crippen molar-refractivity contribution in [1.82, 2.24) is 15.1 Å². The molecular weight excluding hydrogens is 321 g/mol. The normalized spacial score (nSPS) is 11.2. The zero-order valence-corrected chi connectivity index (χ0v) is 11.6. The SMILES string of the molecule is CC(C)(C)NC(=O)Cn1ncc(I)cc1=O. The lowest BCUT2D eigenvalue weighted by atomic mass is 10.1. The van der Waals surface area contributed by atoms with Crippen LogP contribution in [0.4, 0.5) is 0 Å².